The van der Waals surface area contributed by atoms with E-state index >= 15 is 0 Å². The molecule has 2 aromatic carbocycles. The van der Waals surface area contributed by atoms with E-state index in [0.717, 1.165) is 35.2 Å². The van der Waals surface area contributed by atoms with Gasteiger partial charge in [-0.05, 0) is 67.3 Å². The molecule has 3 aromatic rings. The third-order valence-corrected chi connectivity index (χ3v) is 6.12. The summed E-state index contributed by atoms with van der Waals surface area (Å²) in [7, 11) is 1.61. The van der Waals surface area contributed by atoms with Crippen LogP contribution in [0.1, 0.15) is 37.3 Å². The fourth-order valence-corrected chi connectivity index (χ4v) is 4.08. The van der Waals surface area contributed by atoms with Gasteiger partial charge in [0.1, 0.15) is 5.82 Å². The molecule has 2 amide bonds. The average molecular weight is 434 g/mol. The fourth-order valence-electron chi connectivity index (χ4n) is 4.08. The van der Waals surface area contributed by atoms with Crippen LogP contribution in [0.15, 0.2) is 54.6 Å². The van der Waals surface area contributed by atoms with E-state index in [-0.39, 0.29) is 21.5 Å². The van der Waals surface area contributed by atoms with Crippen molar-refractivity contribution < 1.29 is 21.9 Å². The molecule has 0 unspecified atom stereocenters. The summed E-state index contributed by atoms with van der Waals surface area (Å²) in [5.41, 5.74) is 3.68. The number of rotatable bonds is 5. The molecule has 7 nitrogen and oxygen atoms in total. The molecule has 1 saturated carbocycles. The first-order valence-electron chi connectivity index (χ1n) is 10.5. The number of aryl methyl sites for hydroxylation is 1. The van der Waals surface area contributed by atoms with Crippen LogP contribution in [0.4, 0.5) is 5.82 Å². The molecule has 0 saturated heterocycles. The summed E-state index contributed by atoms with van der Waals surface area (Å²) in [6, 6.07) is 16.8. The first-order valence-corrected chi connectivity index (χ1v) is 10.5. The number of amides is 2. The maximum atomic E-state index is 13.1. The normalized spacial score (nSPS) is 15.2. The minimum Gasteiger partial charge on any atom is -0.454 e. The SMILES string of the molecule is CNC(=O)c1ccc(-c2ccc(NC(=O)C3(c4ccc5c(c4)OCO5)CC3)nc2C)cc1.[HH].[HH]. The summed E-state index contributed by atoms with van der Waals surface area (Å²) >= 11 is 0. The van der Waals surface area contributed by atoms with Crippen molar-refractivity contribution in [2.45, 2.75) is 25.2 Å². The Kier molecular flexibility index (Phi) is 4.81. The molecule has 7 heteroatoms. The Balaban J connectivity index is 0.00000162. The maximum absolute atomic E-state index is 13.1. The van der Waals surface area contributed by atoms with Gasteiger partial charge in [0, 0.05) is 26.7 Å². The average Bonchev–Trinajstić information content (AvgIpc) is 3.49. The van der Waals surface area contributed by atoms with Gasteiger partial charge in [0.25, 0.3) is 5.91 Å². The second kappa shape index (κ2) is 7.67. The lowest BCUT2D eigenvalue weighted by Crippen LogP contribution is -2.28. The van der Waals surface area contributed by atoms with Crippen molar-refractivity contribution in [3.8, 4) is 22.6 Å². The first-order chi connectivity index (χ1) is 15.5. The van der Waals surface area contributed by atoms with Crippen LogP contribution in [-0.2, 0) is 10.2 Å². The zero-order valence-corrected chi connectivity index (χ0v) is 17.9. The van der Waals surface area contributed by atoms with Crippen LogP contribution in [0, 0.1) is 6.92 Å². The molecule has 32 heavy (non-hydrogen) atoms. The topological polar surface area (TPSA) is 89.6 Å². The Morgan fingerprint density at radius 1 is 1.00 bits per heavy atom. The van der Waals surface area contributed by atoms with Gasteiger partial charge in [0.2, 0.25) is 12.7 Å². The molecule has 2 heterocycles. The number of fused-ring (bicyclic) bond motifs is 1. The summed E-state index contributed by atoms with van der Waals surface area (Å²) in [4.78, 5) is 29.5. The maximum Gasteiger partial charge on any atom is 0.251 e. The monoisotopic (exact) mass is 433 g/mol. The van der Waals surface area contributed by atoms with Crippen molar-refractivity contribution in [2.24, 2.45) is 0 Å². The molecule has 2 N–H and O–H groups in total. The van der Waals surface area contributed by atoms with E-state index in [1.165, 1.54) is 0 Å². The second-order valence-corrected chi connectivity index (χ2v) is 8.09. The fraction of sp³-hybridized carbons (Fsp3) is 0.240. The van der Waals surface area contributed by atoms with Crippen molar-refractivity contribution in [3.05, 3.63) is 71.4 Å². The van der Waals surface area contributed by atoms with Gasteiger partial charge in [-0.15, -0.1) is 0 Å². The number of carbonyl (C=O) groups excluding carboxylic acids is 2. The Morgan fingerprint density at radius 2 is 1.75 bits per heavy atom. The highest BCUT2D eigenvalue weighted by atomic mass is 16.7. The van der Waals surface area contributed by atoms with Crippen LogP contribution < -0.4 is 20.1 Å². The molecular formula is C25H27N3O4. The highest BCUT2D eigenvalue weighted by Crippen LogP contribution is 2.51. The summed E-state index contributed by atoms with van der Waals surface area (Å²) < 4.78 is 10.8. The highest BCUT2D eigenvalue weighted by molar-refractivity contribution is 6.01. The van der Waals surface area contributed by atoms with Crippen molar-refractivity contribution in [2.75, 3.05) is 19.2 Å². The van der Waals surface area contributed by atoms with Gasteiger partial charge < -0.3 is 20.1 Å². The molecule has 5 rings (SSSR count). The minimum atomic E-state index is -0.551. The smallest absolute Gasteiger partial charge is 0.251 e. The van der Waals surface area contributed by atoms with E-state index in [0.29, 0.717) is 22.9 Å². The quantitative estimate of drug-likeness (QED) is 0.626. The van der Waals surface area contributed by atoms with E-state index < -0.39 is 5.41 Å². The standard InChI is InChI=1S/C25H23N3O4.2H2/c1-15-19(16-3-5-17(6-4-16)23(29)26-2)8-10-22(27-15)28-24(30)25(11-12-25)18-7-9-20-21(13-18)32-14-31-20;;/h3-10,13H,11-12,14H2,1-2H3,(H,26,29)(H,27,28,30);2*1H. The molecule has 0 spiro atoms. The van der Waals surface area contributed by atoms with Crippen LogP contribution in [0.2, 0.25) is 0 Å². The molecule has 166 valence electrons. The highest BCUT2D eigenvalue weighted by Gasteiger charge is 2.51. The lowest BCUT2D eigenvalue weighted by Gasteiger charge is -2.16. The summed E-state index contributed by atoms with van der Waals surface area (Å²) in [6.45, 7) is 2.12. The van der Waals surface area contributed by atoms with Crippen LogP contribution in [-0.4, -0.2) is 30.6 Å². The first kappa shape index (κ1) is 20.1. The number of aromatic nitrogens is 1. The van der Waals surface area contributed by atoms with Crippen molar-refractivity contribution in [1.29, 1.82) is 0 Å². The Labute approximate surface area is 188 Å². The zero-order chi connectivity index (χ0) is 22.3. The van der Waals surface area contributed by atoms with Crippen molar-refractivity contribution in [1.82, 2.24) is 10.3 Å². The Hall–Kier alpha value is -3.87. The number of nitrogens with one attached hydrogen (secondary N) is 2. The lowest BCUT2D eigenvalue weighted by molar-refractivity contribution is -0.118. The molecule has 1 aliphatic heterocycles. The van der Waals surface area contributed by atoms with Crippen LogP contribution in [0.3, 0.4) is 0 Å². The lowest BCUT2D eigenvalue weighted by atomic mass is 9.94. The zero-order valence-electron chi connectivity index (χ0n) is 17.9. The number of pyridine rings is 1. The van der Waals surface area contributed by atoms with Crippen molar-refractivity contribution in [3.63, 3.8) is 0 Å². The summed E-state index contributed by atoms with van der Waals surface area (Å²) in [6.07, 6.45) is 1.57. The molecular weight excluding hydrogens is 406 g/mol. The Bertz CT molecular complexity index is 1230. The van der Waals surface area contributed by atoms with Gasteiger partial charge in [-0.2, -0.15) is 0 Å². The van der Waals surface area contributed by atoms with Crippen LogP contribution >= 0.6 is 0 Å². The second-order valence-electron chi connectivity index (χ2n) is 8.09. The predicted octanol–water partition coefficient (Wildman–Crippen LogP) is 4.31. The summed E-state index contributed by atoms with van der Waals surface area (Å²) in [5, 5.41) is 5.60. The van der Waals surface area contributed by atoms with Gasteiger partial charge >= 0.3 is 0 Å². The van der Waals surface area contributed by atoms with E-state index in [9.17, 15) is 9.59 Å². The van der Waals surface area contributed by atoms with Gasteiger partial charge in [-0.1, -0.05) is 18.2 Å². The largest absolute Gasteiger partial charge is 0.454 e. The van der Waals surface area contributed by atoms with E-state index in [4.69, 9.17) is 9.47 Å². The number of carbonyl (C=O) groups is 2. The number of hydrogen-bond donors (Lipinski definition) is 2. The van der Waals surface area contributed by atoms with Crippen LogP contribution in [0.25, 0.3) is 11.1 Å². The molecule has 0 atom stereocenters. The molecule has 1 fully saturated rings. The van der Waals surface area contributed by atoms with E-state index in [1.807, 2.05) is 49.4 Å². The minimum absolute atomic E-state index is 0. The van der Waals surface area contributed by atoms with Gasteiger partial charge in [-0.3, -0.25) is 9.59 Å². The van der Waals surface area contributed by atoms with Gasteiger partial charge in [0.05, 0.1) is 5.41 Å². The summed E-state index contributed by atoms with van der Waals surface area (Å²) in [5.74, 6) is 1.72. The predicted molar refractivity (Wildman–Crippen MR) is 124 cm³/mol. The number of hydrogen-bond acceptors (Lipinski definition) is 5. The third-order valence-electron chi connectivity index (χ3n) is 6.12. The molecule has 0 radical (unpaired) electrons. The number of anilines is 1. The number of nitrogens with zero attached hydrogens (tertiary/aromatic N) is 1. The van der Waals surface area contributed by atoms with Gasteiger partial charge in [0.15, 0.2) is 11.5 Å². The Morgan fingerprint density at radius 3 is 2.44 bits per heavy atom. The molecule has 2 aliphatic rings. The number of ether oxygens (including phenoxy) is 2. The van der Waals surface area contributed by atoms with Gasteiger partial charge in [-0.25, -0.2) is 4.98 Å². The van der Waals surface area contributed by atoms with E-state index in [2.05, 4.69) is 15.6 Å². The van der Waals surface area contributed by atoms with E-state index in [1.54, 1.807) is 19.2 Å². The molecule has 0 bridgehead atoms. The van der Waals surface area contributed by atoms with Crippen molar-refractivity contribution >= 4 is 17.6 Å². The number of benzene rings is 2. The third kappa shape index (κ3) is 3.45. The molecule has 1 aromatic heterocycles. The molecule has 1 aliphatic carbocycles. The van der Waals surface area contributed by atoms with Crippen LogP contribution in [0.5, 0.6) is 11.5 Å².